The number of nitrogens with two attached hydrogens (primary N) is 1. The normalized spacial score (nSPS) is 14.2. The zero-order chi connectivity index (χ0) is 15.3. The highest BCUT2D eigenvalue weighted by Crippen LogP contribution is 2.24. The Hall–Kier alpha value is -1.67. The van der Waals surface area contributed by atoms with Crippen LogP contribution in [0.3, 0.4) is 0 Å². The smallest absolute Gasteiger partial charge is 0.237 e. The highest BCUT2D eigenvalue weighted by Gasteiger charge is 2.29. The molecule has 7 nitrogen and oxygen atoms in total. The Morgan fingerprint density at radius 1 is 1.48 bits per heavy atom. The van der Waals surface area contributed by atoms with E-state index in [-0.39, 0.29) is 5.91 Å². The molecule has 114 valence electrons. The van der Waals surface area contributed by atoms with Crippen molar-refractivity contribution in [3.63, 3.8) is 0 Å². The minimum Gasteiger partial charge on any atom is -0.368 e. The fourth-order valence-electron chi connectivity index (χ4n) is 1.90. The number of H-pyrrole nitrogens is 1. The number of hydrogen-bond donors (Lipinski definition) is 3. The van der Waals surface area contributed by atoms with Gasteiger partial charge in [0.25, 0.3) is 0 Å². The van der Waals surface area contributed by atoms with Gasteiger partial charge in [-0.2, -0.15) is 0 Å². The number of fused-ring (bicyclic) bond motifs is 1. The van der Waals surface area contributed by atoms with Crippen LogP contribution in [0.4, 0.5) is 0 Å². The number of amides is 1. The van der Waals surface area contributed by atoms with Gasteiger partial charge < -0.3 is 16.0 Å². The molecular weight excluding hydrogens is 288 g/mol. The lowest BCUT2D eigenvalue weighted by molar-refractivity contribution is -0.123. The Labute approximate surface area is 127 Å². The van der Waals surface area contributed by atoms with Crippen LogP contribution >= 0.6 is 11.8 Å². The molecule has 1 amide bonds. The molecule has 0 saturated heterocycles. The molecule has 8 heteroatoms. The number of hydrogen-bond acceptors (Lipinski definition) is 6. The van der Waals surface area contributed by atoms with Crippen LogP contribution in [0.5, 0.6) is 0 Å². The lowest BCUT2D eigenvalue weighted by atomic mass is 9.98. The molecule has 4 N–H and O–H groups in total. The molecule has 0 aliphatic carbocycles. The molecule has 0 radical (unpaired) electrons. The highest BCUT2D eigenvalue weighted by atomic mass is 32.2. The molecule has 2 aromatic rings. The van der Waals surface area contributed by atoms with Crippen molar-refractivity contribution in [3.8, 4) is 0 Å². The van der Waals surface area contributed by atoms with Crippen LogP contribution in [-0.2, 0) is 4.79 Å². The van der Waals surface area contributed by atoms with E-state index in [1.165, 1.54) is 6.33 Å². The summed E-state index contributed by atoms with van der Waals surface area (Å²) < 4.78 is 0. The van der Waals surface area contributed by atoms with Gasteiger partial charge in [0.2, 0.25) is 5.91 Å². The molecule has 2 aromatic heterocycles. The molecule has 2 heterocycles. The predicted octanol–water partition coefficient (Wildman–Crippen LogP) is 1.08. The molecule has 21 heavy (non-hydrogen) atoms. The summed E-state index contributed by atoms with van der Waals surface area (Å²) in [6.07, 6.45) is 4.68. The minimum absolute atomic E-state index is 0.328. The highest BCUT2D eigenvalue weighted by molar-refractivity contribution is 7.99. The Balaban J connectivity index is 1.99. The van der Waals surface area contributed by atoms with Crippen LogP contribution in [0.25, 0.3) is 11.2 Å². The lowest BCUT2D eigenvalue weighted by Gasteiger charge is -2.27. The molecule has 0 bridgehead atoms. The average Bonchev–Trinajstić information content (AvgIpc) is 2.94. The molecule has 0 aromatic carbocycles. The van der Waals surface area contributed by atoms with Gasteiger partial charge in [-0.3, -0.25) is 4.79 Å². The van der Waals surface area contributed by atoms with Gasteiger partial charge in [0, 0.05) is 5.75 Å². The maximum absolute atomic E-state index is 11.6. The fourth-order valence-corrected chi connectivity index (χ4v) is 3.02. The number of nitrogens with zero attached hydrogens (tertiary/aromatic N) is 3. The van der Waals surface area contributed by atoms with Crippen molar-refractivity contribution in [2.75, 3.05) is 12.3 Å². The number of carbonyl (C=O) groups is 1. The molecule has 0 aliphatic rings. The third kappa shape index (κ3) is 3.70. The van der Waals surface area contributed by atoms with E-state index in [1.807, 2.05) is 6.92 Å². The van der Waals surface area contributed by atoms with Gasteiger partial charge in [0.15, 0.2) is 5.65 Å². The molecule has 1 atom stereocenters. The predicted molar refractivity (Wildman–Crippen MR) is 82.9 cm³/mol. The summed E-state index contributed by atoms with van der Waals surface area (Å²) in [5.41, 5.74) is 6.29. The largest absolute Gasteiger partial charge is 0.368 e. The second-order valence-corrected chi connectivity index (χ2v) is 6.09. The first-order valence-corrected chi connectivity index (χ1v) is 7.87. The number of aromatic nitrogens is 4. The van der Waals surface area contributed by atoms with Gasteiger partial charge in [-0.1, -0.05) is 6.92 Å². The lowest BCUT2D eigenvalue weighted by Crippen LogP contribution is -2.53. The topological polar surface area (TPSA) is 110 Å². The van der Waals surface area contributed by atoms with Crippen LogP contribution in [0.15, 0.2) is 17.7 Å². The number of imidazole rings is 1. The van der Waals surface area contributed by atoms with E-state index in [0.29, 0.717) is 12.1 Å². The number of aromatic amines is 1. The van der Waals surface area contributed by atoms with Gasteiger partial charge in [0.05, 0.1) is 11.9 Å². The van der Waals surface area contributed by atoms with Crippen LogP contribution in [0, 0.1) is 0 Å². The quantitative estimate of drug-likeness (QED) is 0.497. The molecule has 1 unspecified atom stereocenters. The van der Waals surface area contributed by atoms with E-state index >= 15 is 0 Å². The first-order valence-electron chi connectivity index (χ1n) is 6.88. The summed E-state index contributed by atoms with van der Waals surface area (Å²) in [5, 5.41) is 4.06. The maximum atomic E-state index is 11.6. The summed E-state index contributed by atoms with van der Waals surface area (Å²) in [6, 6.07) is 0. The fraction of sp³-hybridized carbons (Fsp3) is 0.538. The monoisotopic (exact) mass is 308 g/mol. The number of thioether (sulfide) groups is 1. The minimum atomic E-state index is -0.691. The van der Waals surface area contributed by atoms with Crippen molar-refractivity contribution in [1.29, 1.82) is 0 Å². The molecule has 2 rings (SSSR count). The first-order chi connectivity index (χ1) is 10.1. The molecular formula is C13H20N6OS. The van der Waals surface area contributed by atoms with E-state index in [4.69, 9.17) is 5.73 Å². The van der Waals surface area contributed by atoms with Gasteiger partial charge in [-0.05, 0) is 26.3 Å². The van der Waals surface area contributed by atoms with Gasteiger partial charge in [-0.25, -0.2) is 15.0 Å². The summed E-state index contributed by atoms with van der Waals surface area (Å²) in [4.78, 5) is 27.1. The zero-order valence-electron chi connectivity index (χ0n) is 12.2. The number of carbonyl (C=O) groups excluding carboxylic acids is 1. The van der Waals surface area contributed by atoms with Crippen LogP contribution in [0.2, 0.25) is 0 Å². The van der Waals surface area contributed by atoms with E-state index in [0.717, 1.165) is 29.3 Å². The van der Waals surface area contributed by atoms with Gasteiger partial charge >= 0.3 is 0 Å². The average molecular weight is 308 g/mol. The summed E-state index contributed by atoms with van der Waals surface area (Å²) >= 11 is 1.56. The Kier molecular flexibility index (Phi) is 5.13. The van der Waals surface area contributed by atoms with E-state index in [1.54, 1.807) is 18.1 Å². The Morgan fingerprint density at radius 3 is 3.00 bits per heavy atom. The van der Waals surface area contributed by atoms with Crippen LogP contribution in [0.1, 0.15) is 26.7 Å². The molecule has 0 saturated carbocycles. The molecule has 0 fully saturated rings. The van der Waals surface area contributed by atoms with Crippen molar-refractivity contribution >= 4 is 28.8 Å². The number of primary amides is 1. The summed E-state index contributed by atoms with van der Waals surface area (Å²) in [5.74, 6) is 0.396. The second kappa shape index (κ2) is 6.86. The standard InChI is InChI=1S/C13H20N6OS/c1-3-5-19-13(2,12(14)20)4-6-21-11-9-10(16-7-15-9)17-8-18-11/h7-8,19H,3-6H2,1-2H3,(H2,14,20)(H,15,16,17,18). The van der Waals surface area contributed by atoms with Crippen molar-refractivity contribution in [1.82, 2.24) is 25.3 Å². The maximum Gasteiger partial charge on any atom is 0.237 e. The van der Waals surface area contributed by atoms with E-state index in [9.17, 15) is 4.79 Å². The number of nitrogens with one attached hydrogen (secondary N) is 2. The van der Waals surface area contributed by atoms with Crippen LogP contribution in [-0.4, -0.2) is 43.7 Å². The summed E-state index contributed by atoms with van der Waals surface area (Å²) in [7, 11) is 0. The van der Waals surface area contributed by atoms with Crippen LogP contribution < -0.4 is 11.1 Å². The van der Waals surface area contributed by atoms with Crippen molar-refractivity contribution in [3.05, 3.63) is 12.7 Å². The number of rotatable bonds is 8. The summed E-state index contributed by atoms with van der Waals surface area (Å²) in [6.45, 7) is 4.67. The molecule has 0 spiro atoms. The third-order valence-electron chi connectivity index (χ3n) is 3.34. The third-order valence-corrected chi connectivity index (χ3v) is 4.33. The molecule has 0 aliphatic heterocycles. The SMILES string of the molecule is CCCNC(C)(CCSc1ncnc2nc[nH]c12)C(N)=O. The Bertz CT molecular complexity index is 615. The van der Waals surface area contributed by atoms with Crippen molar-refractivity contribution < 1.29 is 4.79 Å². The zero-order valence-corrected chi connectivity index (χ0v) is 13.0. The van der Waals surface area contributed by atoms with Crippen molar-refractivity contribution in [2.45, 2.75) is 37.3 Å². The van der Waals surface area contributed by atoms with Gasteiger partial charge in [-0.15, -0.1) is 11.8 Å². The first kappa shape index (κ1) is 15.7. The Morgan fingerprint density at radius 2 is 2.29 bits per heavy atom. The van der Waals surface area contributed by atoms with Crippen molar-refractivity contribution in [2.24, 2.45) is 5.73 Å². The second-order valence-electron chi connectivity index (χ2n) is 5.00. The van der Waals surface area contributed by atoms with E-state index < -0.39 is 5.54 Å². The van der Waals surface area contributed by atoms with Gasteiger partial charge in [0.1, 0.15) is 16.9 Å². The van der Waals surface area contributed by atoms with E-state index in [2.05, 4.69) is 32.2 Å².